The van der Waals surface area contributed by atoms with Crippen molar-refractivity contribution in [3.05, 3.63) is 79.9 Å². The van der Waals surface area contributed by atoms with E-state index in [0.29, 0.717) is 6.42 Å². The Morgan fingerprint density at radius 3 is 2.08 bits per heavy atom. The van der Waals surface area contributed by atoms with Gasteiger partial charge in [0.05, 0.1) is 21.5 Å². The third-order valence-electron chi connectivity index (χ3n) is 3.35. The van der Waals surface area contributed by atoms with Gasteiger partial charge in [0.25, 0.3) is 17.3 Å². The molecule has 2 aromatic carbocycles. The van der Waals surface area contributed by atoms with E-state index in [1.54, 1.807) is 6.92 Å². The van der Waals surface area contributed by atoms with Gasteiger partial charge < -0.3 is 5.32 Å². The molecule has 8 heteroatoms. The summed E-state index contributed by atoms with van der Waals surface area (Å²) in [6.07, 6.45) is 0.573. The van der Waals surface area contributed by atoms with Gasteiger partial charge in [0.2, 0.25) is 0 Å². The van der Waals surface area contributed by atoms with E-state index in [-0.39, 0.29) is 11.6 Å². The van der Waals surface area contributed by atoms with Crippen LogP contribution >= 0.6 is 0 Å². The van der Waals surface area contributed by atoms with Gasteiger partial charge in [-0.1, -0.05) is 30.3 Å². The lowest BCUT2D eigenvalue weighted by Crippen LogP contribution is -2.34. The molecular weight excluding hydrogens is 314 g/mol. The number of nitro benzene ring substituents is 2. The standard InChI is InChI=1S/C16H15N3O5/c1-11(7-12-5-3-2-4-6-12)17-16(20)13-8-14(18(21)22)10-15(9-13)19(23)24/h2-6,8-11H,7H2,1H3,(H,17,20). The van der Waals surface area contributed by atoms with Gasteiger partial charge in [0, 0.05) is 18.2 Å². The first-order chi connectivity index (χ1) is 11.4. The van der Waals surface area contributed by atoms with Gasteiger partial charge in [-0.15, -0.1) is 0 Å². The second-order valence-corrected chi connectivity index (χ2v) is 5.32. The Morgan fingerprint density at radius 1 is 1.04 bits per heavy atom. The number of nitro groups is 2. The van der Waals surface area contributed by atoms with E-state index < -0.39 is 27.1 Å². The van der Waals surface area contributed by atoms with Crippen LogP contribution in [0.25, 0.3) is 0 Å². The van der Waals surface area contributed by atoms with Crippen molar-refractivity contribution in [2.75, 3.05) is 0 Å². The molecule has 0 radical (unpaired) electrons. The number of carbonyl (C=O) groups excluding carboxylic acids is 1. The molecule has 24 heavy (non-hydrogen) atoms. The van der Waals surface area contributed by atoms with Crippen LogP contribution in [0.1, 0.15) is 22.8 Å². The van der Waals surface area contributed by atoms with Gasteiger partial charge in [0.15, 0.2) is 0 Å². The fourth-order valence-corrected chi connectivity index (χ4v) is 2.26. The maximum absolute atomic E-state index is 12.2. The number of nitrogens with zero attached hydrogens (tertiary/aromatic N) is 2. The average Bonchev–Trinajstić information content (AvgIpc) is 2.55. The molecular formula is C16H15N3O5. The van der Waals surface area contributed by atoms with Gasteiger partial charge in [-0.05, 0) is 18.9 Å². The molecule has 0 heterocycles. The number of amides is 1. The van der Waals surface area contributed by atoms with E-state index in [2.05, 4.69) is 5.32 Å². The van der Waals surface area contributed by atoms with Crippen molar-refractivity contribution in [2.45, 2.75) is 19.4 Å². The molecule has 0 aromatic heterocycles. The van der Waals surface area contributed by atoms with Crippen LogP contribution in [0.5, 0.6) is 0 Å². The van der Waals surface area contributed by atoms with Crippen LogP contribution in [0.2, 0.25) is 0 Å². The number of nitrogens with one attached hydrogen (secondary N) is 1. The van der Waals surface area contributed by atoms with Crippen LogP contribution in [-0.4, -0.2) is 21.8 Å². The van der Waals surface area contributed by atoms with E-state index in [0.717, 1.165) is 23.8 Å². The summed E-state index contributed by atoms with van der Waals surface area (Å²) in [6, 6.07) is 12.1. The van der Waals surface area contributed by atoms with Crippen LogP contribution in [0, 0.1) is 20.2 Å². The van der Waals surface area contributed by atoms with Crippen LogP contribution in [0.3, 0.4) is 0 Å². The molecule has 0 saturated carbocycles. The lowest BCUT2D eigenvalue weighted by molar-refractivity contribution is -0.394. The Morgan fingerprint density at radius 2 is 1.58 bits per heavy atom. The van der Waals surface area contributed by atoms with Crippen molar-refractivity contribution < 1.29 is 14.6 Å². The molecule has 2 aromatic rings. The number of rotatable bonds is 6. The zero-order valence-electron chi connectivity index (χ0n) is 12.8. The number of hydrogen-bond acceptors (Lipinski definition) is 5. The van der Waals surface area contributed by atoms with Gasteiger partial charge in [-0.2, -0.15) is 0 Å². The average molecular weight is 329 g/mol. The number of non-ortho nitro benzene ring substituents is 2. The summed E-state index contributed by atoms with van der Waals surface area (Å²) in [4.78, 5) is 32.4. The predicted octanol–water partition coefficient (Wildman–Crippen LogP) is 2.86. The van der Waals surface area contributed by atoms with E-state index >= 15 is 0 Å². The lowest BCUT2D eigenvalue weighted by Gasteiger charge is -2.14. The maximum Gasteiger partial charge on any atom is 0.277 e. The van der Waals surface area contributed by atoms with E-state index in [9.17, 15) is 25.0 Å². The number of hydrogen-bond donors (Lipinski definition) is 1. The molecule has 0 saturated heterocycles. The van der Waals surface area contributed by atoms with Crippen LogP contribution in [-0.2, 0) is 6.42 Å². The largest absolute Gasteiger partial charge is 0.349 e. The lowest BCUT2D eigenvalue weighted by atomic mass is 10.1. The third kappa shape index (κ3) is 4.35. The summed E-state index contributed by atoms with van der Waals surface area (Å²) in [5.74, 6) is -0.592. The smallest absolute Gasteiger partial charge is 0.277 e. The SMILES string of the molecule is CC(Cc1ccccc1)NC(=O)c1cc([N+](=O)[O-])cc([N+](=O)[O-])c1. The molecule has 1 atom stereocenters. The molecule has 1 N–H and O–H groups in total. The van der Waals surface area contributed by atoms with E-state index in [4.69, 9.17) is 0 Å². The monoisotopic (exact) mass is 329 g/mol. The molecule has 0 fully saturated rings. The molecule has 1 amide bonds. The topological polar surface area (TPSA) is 115 Å². The van der Waals surface area contributed by atoms with Crippen LogP contribution in [0.15, 0.2) is 48.5 Å². The van der Waals surface area contributed by atoms with Crippen molar-refractivity contribution >= 4 is 17.3 Å². The van der Waals surface area contributed by atoms with Crippen LogP contribution < -0.4 is 5.32 Å². The van der Waals surface area contributed by atoms with Crippen molar-refractivity contribution in [3.8, 4) is 0 Å². The summed E-state index contributed by atoms with van der Waals surface area (Å²) in [5, 5.41) is 24.4. The third-order valence-corrected chi connectivity index (χ3v) is 3.35. The Bertz CT molecular complexity index is 744. The molecule has 124 valence electrons. The normalized spacial score (nSPS) is 11.5. The van der Waals surface area contributed by atoms with Crippen LogP contribution in [0.4, 0.5) is 11.4 Å². The minimum atomic E-state index is -0.767. The number of carbonyl (C=O) groups is 1. The van der Waals surface area contributed by atoms with Crippen molar-refractivity contribution in [3.63, 3.8) is 0 Å². The quantitative estimate of drug-likeness (QED) is 0.646. The zero-order valence-corrected chi connectivity index (χ0v) is 12.8. The number of benzene rings is 2. The highest BCUT2D eigenvalue weighted by Crippen LogP contribution is 2.22. The highest BCUT2D eigenvalue weighted by atomic mass is 16.6. The van der Waals surface area contributed by atoms with Crippen molar-refractivity contribution in [1.29, 1.82) is 0 Å². The first-order valence-electron chi connectivity index (χ1n) is 7.15. The second kappa shape index (κ2) is 7.32. The highest BCUT2D eigenvalue weighted by Gasteiger charge is 2.20. The molecule has 2 rings (SSSR count). The summed E-state index contributed by atoms with van der Waals surface area (Å²) < 4.78 is 0. The van der Waals surface area contributed by atoms with E-state index in [1.165, 1.54) is 0 Å². The molecule has 1 unspecified atom stereocenters. The summed E-state index contributed by atoms with van der Waals surface area (Å²) >= 11 is 0. The van der Waals surface area contributed by atoms with Crippen molar-refractivity contribution in [1.82, 2.24) is 5.32 Å². The highest BCUT2D eigenvalue weighted by molar-refractivity contribution is 5.95. The van der Waals surface area contributed by atoms with Gasteiger partial charge in [-0.25, -0.2) is 0 Å². The first kappa shape index (κ1) is 17.1. The summed E-state index contributed by atoms with van der Waals surface area (Å²) in [7, 11) is 0. The molecule has 8 nitrogen and oxygen atoms in total. The molecule has 0 bridgehead atoms. The fourth-order valence-electron chi connectivity index (χ4n) is 2.26. The van der Waals surface area contributed by atoms with Gasteiger partial charge in [0.1, 0.15) is 0 Å². The molecule has 0 spiro atoms. The second-order valence-electron chi connectivity index (χ2n) is 5.32. The Kier molecular flexibility index (Phi) is 5.20. The summed E-state index contributed by atoms with van der Waals surface area (Å²) in [6.45, 7) is 1.79. The zero-order chi connectivity index (χ0) is 17.7. The van der Waals surface area contributed by atoms with Gasteiger partial charge in [-0.3, -0.25) is 25.0 Å². The maximum atomic E-state index is 12.2. The molecule has 0 aliphatic heterocycles. The van der Waals surface area contributed by atoms with Crippen molar-refractivity contribution in [2.24, 2.45) is 0 Å². The van der Waals surface area contributed by atoms with E-state index in [1.807, 2.05) is 30.3 Å². The minimum absolute atomic E-state index is 0.115. The molecule has 0 aliphatic carbocycles. The van der Waals surface area contributed by atoms with Gasteiger partial charge >= 0.3 is 0 Å². The Labute approximate surface area is 137 Å². The Hall–Kier alpha value is -3.29. The molecule has 0 aliphatic rings. The first-order valence-corrected chi connectivity index (χ1v) is 7.15. The minimum Gasteiger partial charge on any atom is -0.349 e. The predicted molar refractivity (Wildman–Crippen MR) is 86.8 cm³/mol. The fraction of sp³-hybridized carbons (Fsp3) is 0.188. The summed E-state index contributed by atoms with van der Waals surface area (Å²) in [5.41, 5.74) is -0.0822. The Balaban J connectivity index is 2.16.